The molecule has 2 heterocycles. The molecule has 0 radical (unpaired) electrons. The van der Waals surface area contributed by atoms with Gasteiger partial charge in [0.25, 0.3) is 0 Å². The average Bonchev–Trinajstić information content (AvgIpc) is 2.17. The zero-order valence-electron chi connectivity index (χ0n) is 6.83. The molecule has 0 spiro atoms. The summed E-state index contributed by atoms with van der Waals surface area (Å²) in [6, 6.07) is 5.48. The highest BCUT2D eigenvalue weighted by atomic mass is 79.9. The molecule has 0 amide bonds. The van der Waals surface area contributed by atoms with E-state index in [2.05, 4.69) is 25.9 Å². The largest absolute Gasteiger partial charge is 0.235 e. The molecule has 2 rings (SSSR count). The Morgan fingerprint density at radius 3 is 2.93 bits per heavy atom. The van der Waals surface area contributed by atoms with Gasteiger partial charge in [0, 0.05) is 16.1 Å². The van der Waals surface area contributed by atoms with E-state index < -0.39 is 0 Å². The van der Waals surface area contributed by atoms with Crippen LogP contribution in [-0.4, -0.2) is 9.97 Å². The van der Waals surface area contributed by atoms with Crippen molar-refractivity contribution in [2.75, 3.05) is 0 Å². The van der Waals surface area contributed by atoms with E-state index in [1.165, 1.54) is 0 Å². The van der Waals surface area contributed by atoms with E-state index >= 15 is 0 Å². The van der Waals surface area contributed by atoms with Crippen LogP contribution in [0.1, 0.15) is 5.56 Å². The van der Waals surface area contributed by atoms with Crippen molar-refractivity contribution in [2.45, 2.75) is 0 Å². The number of hydrogen-bond donors (Lipinski definition) is 0. The monoisotopic (exact) mass is 267 g/mol. The lowest BCUT2D eigenvalue weighted by atomic mass is 10.2. The molecular formula is C9H3BrClN3. The van der Waals surface area contributed by atoms with Crippen molar-refractivity contribution < 1.29 is 0 Å². The van der Waals surface area contributed by atoms with Gasteiger partial charge in [-0.05, 0) is 28.1 Å². The average molecular weight is 269 g/mol. The van der Waals surface area contributed by atoms with Crippen LogP contribution in [0.5, 0.6) is 0 Å². The first-order chi connectivity index (χ1) is 6.70. The molecule has 0 saturated carbocycles. The van der Waals surface area contributed by atoms with Crippen LogP contribution in [0, 0.1) is 11.3 Å². The SMILES string of the molecule is N#Cc1cc2cc(Br)cnc2nc1Cl. The van der Waals surface area contributed by atoms with Gasteiger partial charge in [0.15, 0.2) is 5.65 Å². The first-order valence-corrected chi connectivity index (χ1v) is 4.89. The quantitative estimate of drug-likeness (QED) is 0.690. The van der Waals surface area contributed by atoms with E-state index in [0.717, 1.165) is 9.86 Å². The molecule has 0 N–H and O–H groups in total. The van der Waals surface area contributed by atoms with Gasteiger partial charge in [0.1, 0.15) is 11.2 Å². The van der Waals surface area contributed by atoms with E-state index in [-0.39, 0.29) is 5.15 Å². The summed E-state index contributed by atoms with van der Waals surface area (Å²) >= 11 is 9.05. The first-order valence-electron chi connectivity index (χ1n) is 3.72. The van der Waals surface area contributed by atoms with E-state index in [1.807, 2.05) is 12.1 Å². The zero-order chi connectivity index (χ0) is 10.1. The molecule has 3 nitrogen and oxygen atoms in total. The van der Waals surface area contributed by atoms with E-state index in [4.69, 9.17) is 16.9 Å². The highest BCUT2D eigenvalue weighted by molar-refractivity contribution is 9.10. The predicted octanol–water partition coefficient (Wildman–Crippen LogP) is 2.92. The lowest BCUT2D eigenvalue weighted by Crippen LogP contribution is -1.88. The molecule has 2 aromatic rings. The third kappa shape index (κ3) is 1.57. The van der Waals surface area contributed by atoms with Gasteiger partial charge < -0.3 is 0 Å². The molecular weight excluding hydrogens is 265 g/mol. The van der Waals surface area contributed by atoms with Gasteiger partial charge in [-0.15, -0.1) is 0 Å². The number of aromatic nitrogens is 2. The molecule has 0 atom stereocenters. The minimum atomic E-state index is 0.190. The Balaban J connectivity index is 2.82. The molecule has 14 heavy (non-hydrogen) atoms. The van der Waals surface area contributed by atoms with Gasteiger partial charge in [0.05, 0.1) is 5.56 Å². The van der Waals surface area contributed by atoms with E-state index in [0.29, 0.717) is 11.2 Å². The van der Waals surface area contributed by atoms with Crippen LogP contribution in [0.25, 0.3) is 11.0 Å². The summed E-state index contributed by atoms with van der Waals surface area (Å²) in [5, 5.41) is 9.72. The summed E-state index contributed by atoms with van der Waals surface area (Å²) in [6.45, 7) is 0. The third-order valence-electron chi connectivity index (χ3n) is 1.71. The summed E-state index contributed by atoms with van der Waals surface area (Å²) in [7, 11) is 0. The molecule has 0 aromatic carbocycles. The molecule has 0 aliphatic heterocycles. The highest BCUT2D eigenvalue weighted by Crippen LogP contribution is 2.20. The van der Waals surface area contributed by atoms with Crippen LogP contribution in [0.15, 0.2) is 22.8 Å². The second-order valence-corrected chi connectivity index (χ2v) is 3.91. The number of halogens is 2. The summed E-state index contributed by atoms with van der Waals surface area (Å²) in [6.07, 6.45) is 1.64. The molecule has 68 valence electrons. The molecule has 2 aromatic heterocycles. The maximum Gasteiger partial charge on any atom is 0.160 e. The maximum atomic E-state index is 8.74. The van der Waals surface area contributed by atoms with Crippen molar-refractivity contribution in [1.82, 2.24) is 9.97 Å². The smallest absolute Gasteiger partial charge is 0.160 e. The Kier molecular flexibility index (Phi) is 2.36. The van der Waals surface area contributed by atoms with Crippen LogP contribution in [0.3, 0.4) is 0 Å². The number of hydrogen-bond acceptors (Lipinski definition) is 3. The van der Waals surface area contributed by atoms with Crippen LogP contribution < -0.4 is 0 Å². The van der Waals surface area contributed by atoms with Crippen molar-refractivity contribution in [1.29, 1.82) is 5.26 Å². The van der Waals surface area contributed by atoms with Gasteiger partial charge in [-0.3, -0.25) is 0 Å². The molecule has 0 unspecified atom stereocenters. The second kappa shape index (κ2) is 3.52. The predicted molar refractivity (Wildman–Crippen MR) is 57.0 cm³/mol. The van der Waals surface area contributed by atoms with Gasteiger partial charge in [0.2, 0.25) is 0 Å². The second-order valence-electron chi connectivity index (χ2n) is 2.64. The minimum absolute atomic E-state index is 0.190. The van der Waals surface area contributed by atoms with E-state index in [1.54, 1.807) is 12.3 Å². The van der Waals surface area contributed by atoms with E-state index in [9.17, 15) is 0 Å². The molecule has 5 heteroatoms. The third-order valence-corrected chi connectivity index (χ3v) is 2.43. The summed E-state index contributed by atoms with van der Waals surface area (Å²) in [5.74, 6) is 0. The number of rotatable bonds is 0. The Hall–Kier alpha value is -1.18. The Morgan fingerprint density at radius 2 is 2.21 bits per heavy atom. The molecule has 0 bridgehead atoms. The summed E-state index contributed by atoms with van der Waals surface area (Å²) < 4.78 is 0.845. The van der Waals surface area contributed by atoms with Gasteiger partial charge in [-0.25, -0.2) is 9.97 Å². The Bertz CT molecular complexity index is 547. The first kappa shape index (κ1) is 9.38. The molecule has 0 aliphatic carbocycles. The summed E-state index contributed by atoms with van der Waals surface area (Å²) in [4.78, 5) is 8.06. The van der Waals surface area contributed by atoms with Gasteiger partial charge in [-0.2, -0.15) is 5.26 Å². The number of nitrogens with zero attached hydrogens (tertiary/aromatic N) is 3. The van der Waals surface area contributed by atoms with Crippen LogP contribution in [-0.2, 0) is 0 Å². The maximum absolute atomic E-state index is 8.74. The number of pyridine rings is 2. The number of nitriles is 1. The minimum Gasteiger partial charge on any atom is -0.235 e. The Morgan fingerprint density at radius 1 is 1.43 bits per heavy atom. The lowest BCUT2D eigenvalue weighted by Gasteiger charge is -1.99. The topological polar surface area (TPSA) is 49.6 Å². The van der Waals surface area contributed by atoms with Crippen LogP contribution >= 0.6 is 27.5 Å². The Labute approximate surface area is 93.5 Å². The number of fused-ring (bicyclic) bond motifs is 1. The van der Waals surface area contributed by atoms with Crippen LogP contribution in [0.4, 0.5) is 0 Å². The summed E-state index contributed by atoms with van der Waals surface area (Å²) in [5.41, 5.74) is 0.899. The molecule has 0 aliphatic rings. The van der Waals surface area contributed by atoms with Gasteiger partial charge >= 0.3 is 0 Å². The lowest BCUT2D eigenvalue weighted by molar-refractivity contribution is 1.27. The fourth-order valence-electron chi connectivity index (χ4n) is 1.09. The molecule has 0 fully saturated rings. The highest BCUT2D eigenvalue weighted by Gasteiger charge is 2.04. The zero-order valence-corrected chi connectivity index (χ0v) is 9.17. The fraction of sp³-hybridized carbons (Fsp3) is 0. The van der Waals surface area contributed by atoms with Crippen LogP contribution in [0.2, 0.25) is 5.15 Å². The normalized spacial score (nSPS) is 10.1. The van der Waals surface area contributed by atoms with Crippen molar-refractivity contribution in [3.05, 3.63) is 33.5 Å². The van der Waals surface area contributed by atoms with Crippen molar-refractivity contribution >= 4 is 38.6 Å². The standard InChI is InChI=1S/C9H3BrClN3/c10-7-2-5-1-6(3-12)8(11)14-9(5)13-4-7/h1-2,4H. The fourth-order valence-corrected chi connectivity index (χ4v) is 1.62. The van der Waals surface area contributed by atoms with Crippen molar-refractivity contribution in [2.24, 2.45) is 0 Å². The van der Waals surface area contributed by atoms with Crippen molar-refractivity contribution in [3.63, 3.8) is 0 Å². The van der Waals surface area contributed by atoms with Gasteiger partial charge in [-0.1, -0.05) is 11.6 Å². The molecule has 0 saturated heterocycles. The van der Waals surface area contributed by atoms with Crippen molar-refractivity contribution in [3.8, 4) is 6.07 Å².